The molecule has 1 aliphatic carbocycles. The van der Waals surface area contributed by atoms with Crippen molar-refractivity contribution < 1.29 is 4.42 Å². The normalized spacial score (nSPS) is 22.9. The van der Waals surface area contributed by atoms with Crippen LogP contribution in [0, 0.1) is 4.91 Å². The van der Waals surface area contributed by atoms with Crippen LogP contribution in [-0.2, 0) is 0 Å². The van der Waals surface area contributed by atoms with E-state index in [1.807, 2.05) is 18.2 Å². The first-order valence-electron chi connectivity index (χ1n) is 5.96. The van der Waals surface area contributed by atoms with Gasteiger partial charge in [0.05, 0.1) is 18.0 Å². The maximum atomic E-state index is 10.4. The monoisotopic (exact) mass is 243 g/mol. The molecule has 0 aromatic carbocycles. The van der Waals surface area contributed by atoms with Gasteiger partial charge in [-0.1, -0.05) is 6.08 Å². The van der Waals surface area contributed by atoms with Crippen LogP contribution >= 0.6 is 0 Å². The number of hydrogen-bond acceptors (Lipinski definition) is 5. The Bertz CT molecular complexity index is 541. The van der Waals surface area contributed by atoms with Crippen LogP contribution in [0.4, 0.5) is 0 Å². The van der Waals surface area contributed by atoms with Gasteiger partial charge in [0.25, 0.3) is 0 Å². The lowest BCUT2D eigenvalue weighted by molar-refractivity contribution is 0.556. The minimum atomic E-state index is 0.203. The summed E-state index contributed by atoms with van der Waals surface area (Å²) < 4.78 is 5.33. The highest BCUT2D eigenvalue weighted by Gasteiger charge is 2.25. The molecule has 0 amide bonds. The van der Waals surface area contributed by atoms with Gasteiger partial charge in [0.15, 0.2) is 0 Å². The van der Waals surface area contributed by atoms with Gasteiger partial charge >= 0.3 is 0 Å². The summed E-state index contributed by atoms with van der Waals surface area (Å²) >= 11 is 0. The first-order valence-corrected chi connectivity index (χ1v) is 5.96. The molecule has 0 saturated heterocycles. The van der Waals surface area contributed by atoms with Crippen LogP contribution < -0.4 is 5.43 Å². The van der Waals surface area contributed by atoms with Crippen LogP contribution in [0.5, 0.6) is 0 Å². The Morgan fingerprint density at radius 1 is 1.39 bits per heavy atom. The first kappa shape index (κ1) is 11.0. The zero-order valence-corrected chi connectivity index (χ0v) is 9.80. The van der Waals surface area contributed by atoms with Gasteiger partial charge in [-0.25, -0.2) is 0 Å². The SMILES string of the molecule is O=NC1=CC=C(C2CC(c3ccco3)=NN2)CC1. The zero-order valence-electron chi connectivity index (χ0n) is 9.80. The second-order valence-corrected chi connectivity index (χ2v) is 4.41. The molecule has 0 saturated carbocycles. The molecule has 1 aromatic heterocycles. The second-order valence-electron chi connectivity index (χ2n) is 4.41. The van der Waals surface area contributed by atoms with Gasteiger partial charge in [-0.05, 0) is 41.8 Å². The molecule has 1 unspecified atom stereocenters. The van der Waals surface area contributed by atoms with E-state index in [4.69, 9.17) is 4.42 Å². The molecular weight excluding hydrogens is 230 g/mol. The highest BCUT2D eigenvalue weighted by atomic mass is 16.3. The van der Waals surface area contributed by atoms with Crippen LogP contribution in [-0.4, -0.2) is 11.8 Å². The summed E-state index contributed by atoms with van der Waals surface area (Å²) in [6, 6.07) is 3.97. The number of furan rings is 1. The molecule has 1 N–H and O–H groups in total. The van der Waals surface area contributed by atoms with Gasteiger partial charge in [-0.3, -0.25) is 0 Å². The fourth-order valence-electron chi connectivity index (χ4n) is 2.26. The molecule has 0 fully saturated rings. The third-order valence-corrected chi connectivity index (χ3v) is 3.28. The summed E-state index contributed by atoms with van der Waals surface area (Å²) in [7, 11) is 0. The van der Waals surface area contributed by atoms with E-state index in [1.54, 1.807) is 12.3 Å². The van der Waals surface area contributed by atoms with Gasteiger partial charge in [0.1, 0.15) is 11.5 Å². The Labute approximate surface area is 104 Å². The molecule has 3 rings (SSSR count). The van der Waals surface area contributed by atoms with Crippen LogP contribution in [0.3, 0.4) is 0 Å². The lowest BCUT2D eigenvalue weighted by atomic mass is 9.94. The third-order valence-electron chi connectivity index (χ3n) is 3.28. The van der Waals surface area contributed by atoms with Gasteiger partial charge < -0.3 is 9.84 Å². The van der Waals surface area contributed by atoms with Gasteiger partial charge in [-0.15, -0.1) is 4.91 Å². The van der Waals surface area contributed by atoms with E-state index in [2.05, 4.69) is 15.7 Å². The van der Waals surface area contributed by atoms with Crippen LogP contribution in [0.2, 0.25) is 0 Å². The Hall–Kier alpha value is -2.17. The minimum Gasteiger partial charge on any atom is -0.463 e. The smallest absolute Gasteiger partial charge is 0.149 e. The van der Waals surface area contributed by atoms with Crippen LogP contribution in [0.1, 0.15) is 25.0 Å². The number of allylic oxidation sites excluding steroid dienone is 3. The van der Waals surface area contributed by atoms with Crippen molar-refractivity contribution in [2.45, 2.75) is 25.3 Å². The molecule has 1 aromatic rings. The molecule has 5 heteroatoms. The van der Waals surface area contributed by atoms with Crippen molar-refractivity contribution in [3.63, 3.8) is 0 Å². The lowest BCUT2D eigenvalue weighted by Gasteiger charge is -2.16. The summed E-state index contributed by atoms with van der Waals surface area (Å²) in [5, 5.41) is 7.27. The zero-order chi connectivity index (χ0) is 12.4. The third kappa shape index (κ3) is 1.99. The molecule has 1 atom stereocenters. The minimum absolute atomic E-state index is 0.203. The molecule has 18 heavy (non-hydrogen) atoms. The molecule has 5 nitrogen and oxygen atoms in total. The molecule has 2 aliphatic rings. The predicted octanol–water partition coefficient (Wildman–Crippen LogP) is 2.72. The van der Waals surface area contributed by atoms with Crippen molar-refractivity contribution in [1.82, 2.24) is 5.43 Å². The quantitative estimate of drug-likeness (QED) is 0.830. The Balaban J connectivity index is 1.70. The molecular formula is C13H13N3O2. The molecule has 2 heterocycles. The van der Waals surface area contributed by atoms with Crippen molar-refractivity contribution >= 4 is 5.71 Å². The van der Waals surface area contributed by atoms with E-state index in [9.17, 15) is 4.91 Å². The summed E-state index contributed by atoms with van der Waals surface area (Å²) in [6.07, 6.45) is 7.80. The van der Waals surface area contributed by atoms with Crippen molar-refractivity contribution in [1.29, 1.82) is 0 Å². The van der Waals surface area contributed by atoms with Crippen LogP contribution in [0.25, 0.3) is 0 Å². The number of hydrogen-bond donors (Lipinski definition) is 1. The second kappa shape index (κ2) is 4.60. The molecule has 0 radical (unpaired) electrons. The van der Waals surface area contributed by atoms with Gasteiger partial charge in [0.2, 0.25) is 0 Å². The largest absolute Gasteiger partial charge is 0.463 e. The van der Waals surface area contributed by atoms with E-state index >= 15 is 0 Å². The molecule has 0 bridgehead atoms. The van der Waals surface area contributed by atoms with E-state index in [1.165, 1.54) is 5.57 Å². The average molecular weight is 243 g/mol. The maximum absolute atomic E-state index is 10.4. The molecule has 0 spiro atoms. The summed E-state index contributed by atoms with van der Waals surface area (Å²) in [5.74, 6) is 0.812. The number of hydrazone groups is 1. The van der Waals surface area contributed by atoms with E-state index in [-0.39, 0.29) is 6.04 Å². The Morgan fingerprint density at radius 2 is 2.33 bits per heavy atom. The fourth-order valence-corrected chi connectivity index (χ4v) is 2.26. The first-order chi connectivity index (χ1) is 8.86. The van der Waals surface area contributed by atoms with Crippen molar-refractivity contribution in [3.8, 4) is 0 Å². The summed E-state index contributed by atoms with van der Waals surface area (Å²) in [6.45, 7) is 0. The fraction of sp³-hybridized carbons (Fsp3) is 0.308. The molecule has 1 aliphatic heterocycles. The number of nitrogens with zero attached hydrogens (tertiary/aromatic N) is 2. The number of nitrogens with one attached hydrogen (secondary N) is 1. The van der Waals surface area contributed by atoms with Crippen LogP contribution in [0.15, 0.2) is 56.5 Å². The van der Waals surface area contributed by atoms with E-state index in [0.29, 0.717) is 12.1 Å². The van der Waals surface area contributed by atoms with Crippen molar-refractivity contribution in [3.05, 3.63) is 52.5 Å². The van der Waals surface area contributed by atoms with Gasteiger partial charge in [-0.2, -0.15) is 5.10 Å². The van der Waals surface area contributed by atoms with Gasteiger partial charge in [0, 0.05) is 6.42 Å². The standard InChI is InChI=1S/C13H13N3O2/c17-16-10-5-3-9(4-6-10)11-8-12(15-14-11)13-2-1-7-18-13/h1-3,5,7,11,14H,4,6,8H2. The highest BCUT2D eigenvalue weighted by molar-refractivity contribution is 5.99. The number of rotatable bonds is 3. The average Bonchev–Trinajstić information content (AvgIpc) is 3.09. The maximum Gasteiger partial charge on any atom is 0.149 e. The molecule has 92 valence electrons. The van der Waals surface area contributed by atoms with Crippen molar-refractivity contribution in [2.75, 3.05) is 0 Å². The summed E-state index contributed by atoms with van der Waals surface area (Å²) in [5.41, 5.74) is 5.93. The highest BCUT2D eigenvalue weighted by Crippen LogP contribution is 2.26. The predicted molar refractivity (Wildman–Crippen MR) is 68.0 cm³/mol. The van der Waals surface area contributed by atoms with Crippen molar-refractivity contribution in [2.24, 2.45) is 10.3 Å². The topological polar surface area (TPSA) is 67.0 Å². The summed E-state index contributed by atoms with van der Waals surface area (Å²) in [4.78, 5) is 10.4. The van der Waals surface area contributed by atoms with E-state index < -0.39 is 0 Å². The Kier molecular flexibility index (Phi) is 2.80. The lowest BCUT2D eigenvalue weighted by Crippen LogP contribution is -2.23. The van der Waals surface area contributed by atoms with E-state index in [0.717, 1.165) is 24.3 Å². The Morgan fingerprint density at radius 3 is 3.00 bits per heavy atom. The number of nitroso groups, excluding NO2 is 1.